The summed E-state index contributed by atoms with van der Waals surface area (Å²) in [5, 5.41) is 0. The van der Waals surface area contributed by atoms with Crippen LogP contribution in [0.25, 0.3) is 0 Å². The summed E-state index contributed by atoms with van der Waals surface area (Å²) in [5.74, 6) is 0. The molecule has 1 aromatic rings. The van der Waals surface area contributed by atoms with E-state index in [0.717, 1.165) is 11.4 Å². The van der Waals surface area contributed by atoms with Crippen molar-refractivity contribution in [1.29, 1.82) is 0 Å². The van der Waals surface area contributed by atoms with Crippen molar-refractivity contribution in [2.45, 2.75) is 0 Å². The first-order valence-corrected chi connectivity index (χ1v) is 2.40. The molecule has 0 spiro atoms. The lowest BCUT2D eigenvalue weighted by molar-refractivity contribution is 1.67. The smallest absolute Gasteiger partial charge is 0.0315 e. The van der Waals surface area contributed by atoms with Gasteiger partial charge in [-0.1, -0.05) is 0 Å². The van der Waals surface area contributed by atoms with E-state index >= 15 is 0 Å². The zero-order valence-electron chi connectivity index (χ0n) is 5.28. The summed E-state index contributed by atoms with van der Waals surface area (Å²) in [7, 11) is 0. The molecule has 10 heavy (non-hydrogen) atoms. The summed E-state index contributed by atoms with van der Waals surface area (Å²) in [6.07, 6.45) is 0. The van der Waals surface area contributed by atoms with Crippen LogP contribution >= 0.6 is 34.0 Å². The predicted octanol–water partition coefficient (Wildman–Crippen LogP) is 2.01. The van der Waals surface area contributed by atoms with Crippen molar-refractivity contribution >= 4 is 45.3 Å². The highest BCUT2D eigenvalue weighted by Gasteiger charge is 1.80. The monoisotopic (exact) mass is 268 g/mol. The van der Waals surface area contributed by atoms with E-state index in [4.69, 9.17) is 11.5 Å². The van der Waals surface area contributed by atoms with Crippen molar-refractivity contribution in [2.75, 3.05) is 11.5 Å². The van der Waals surface area contributed by atoms with E-state index in [0.29, 0.717) is 0 Å². The molecule has 58 valence electrons. The SMILES string of the molecule is Br.Br.Nc1ccc(N)cc1. The molecule has 0 amide bonds. The molecule has 0 atom stereocenters. The first-order valence-electron chi connectivity index (χ1n) is 2.40. The second kappa shape index (κ2) is 5.56. The number of rotatable bonds is 0. The number of nitrogens with two attached hydrogens (primary N) is 2. The standard InChI is InChI=1S/C6H8N2.2BrH/c7-5-1-2-6(8)4-3-5;;/h1-4H,7-8H2;2*1H. The maximum Gasteiger partial charge on any atom is 0.0315 e. The van der Waals surface area contributed by atoms with Crippen LogP contribution in [0.3, 0.4) is 0 Å². The average molecular weight is 270 g/mol. The van der Waals surface area contributed by atoms with Crippen LogP contribution in [0.2, 0.25) is 0 Å². The van der Waals surface area contributed by atoms with Gasteiger partial charge in [-0.3, -0.25) is 0 Å². The van der Waals surface area contributed by atoms with Gasteiger partial charge in [-0.25, -0.2) is 0 Å². The Morgan fingerprint density at radius 2 is 0.900 bits per heavy atom. The van der Waals surface area contributed by atoms with Crippen LogP contribution in [0.1, 0.15) is 0 Å². The maximum atomic E-state index is 5.37. The molecular weight excluding hydrogens is 260 g/mol. The molecule has 0 saturated heterocycles. The Balaban J connectivity index is 0. The van der Waals surface area contributed by atoms with Gasteiger partial charge < -0.3 is 11.5 Å². The van der Waals surface area contributed by atoms with E-state index < -0.39 is 0 Å². The van der Waals surface area contributed by atoms with Gasteiger partial charge in [0.05, 0.1) is 0 Å². The largest absolute Gasteiger partial charge is 0.399 e. The van der Waals surface area contributed by atoms with Gasteiger partial charge in [-0.05, 0) is 24.3 Å². The second-order valence-electron chi connectivity index (χ2n) is 1.67. The molecule has 0 aliphatic carbocycles. The van der Waals surface area contributed by atoms with Crippen LogP contribution in [0.4, 0.5) is 11.4 Å². The fourth-order valence-electron chi connectivity index (χ4n) is 0.496. The Morgan fingerprint density at radius 1 is 0.700 bits per heavy atom. The van der Waals surface area contributed by atoms with Crippen LogP contribution in [0.5, 0.6) is 0 Å². The van der Waals surface area contributed by atoms with Crippen LogP contribution in [0, 0.1) is 0 Å². The maximum absolute atomic E-state index is 5.37. The molecular formula is C6H10Br2N2. The summed E-state index contributed by atoms with van der Waals surface area (Å²) in [4.78, 5) is 0. The fraction of sp³-hybridized carbons (Fsp3) is 0. The third-order valence-electron chi connectivity index (χ3n) is 0.936. The molecule has 0 saturated carbocycles. The summed E-state index contributed by atoms with van der Waals surface area (Å²) >= 11 is 0. The van der Waals surface area contributed by atoms with Crippen molar-refractivity contribution in [1.82, 2.24) is 0 Å². The minimum Gasteiger partial charge on any atom is -0.399 e. The van der Waals surface area contributed by atoms with Crippen LogP contribution in [-0.2, 0) is 0 Å². The normalized spacial score (nSPS) is 7.20. The predicted molar refractivity (Wildman–Crippen MR) is 55.9 cm³/mol. The molecule has 1 rings (SSSR count). The first kappa shape index (κ1) is 12.5. The third kappa shape index (κ3) is 3.74. The average Bonchev–Trinajstić information content (AvgIpc) is 1.77. The van der Waals surface area contributed by atoms with Gasteiger partial charge in [0.15, 0.2) is 0 Å². The second-order valence-corrected chi connectivity index (χ2v) is 1.67. The molecule has 0 aliphatic heterocycles. The Bertz CT molecular complexity index is 153. The van der Waals surface area contributed by atoms with Gasteiger partial charge >= 0.3 is 0 Å². The topological polar surface area (TPSA) is 52.0 Å². The Hall–Kier alpha value is -0.220. The Labute approximate surface area is 81.1 Å². The Morgan fingerprint density at radius 3 is 1.10 bits per heavy atom. The van der Waals surface area contributed by atoms with E-state index in [2.05, 4.69) is 0 Å². The zero-order chi connectivity index (χ0) is 5.98. The molecule has 0 radical (unpaired) electrons. The lowest BCUT2D eigenvalue weighted by Crippen LogP contribution is -1.86. The van der Waals surface area contributed by atoms with E-state index in [-0.39, 0.29) is 34.0 Å². The van der Waals surface area contributed by atoms with Gasteiger partial charge in [-0.2, -0.15) is 0 Å². The molecule has 0 aromatic heterocycles. The number of hydrogen-bond acceptors (Lipinski definition) is 2. The highest BCUT2D eigenvalue weighted by molar-refractivity contribution is 8.93. The van der Waals surface area contributed by atoms with Crippen LogP contribution < -0.4 is 11.5 Å². The zero-order valence-corrected chi connectivity index (χ0v) is 8.71. The van der Waals surface area contributed by atoms with Crippen molar-refractivity contribution in [3.8, 4) is 0 Å². The molecule has 0 unspecified atom stereocenters. The van der Waals surface area contributed by atoms with Crippen molar-refractivity contribution in [3.05, 3.63) is 24.3 Å². The summed E-state index contributed by atoms with van der Waals surface area (Å²) in [6.45, 7) is 0. The van der Waals surface area contributed by atoms with Crippen molar-refractivity contribution < 1.29 is 0 Å². The molecule has 1 aromatic carbocycles. The Kier molecular flexibility index (Phi) is 6.92. The number of benzene rings is 1. The minimum atomic E-state index is 0. The minimum absolute atomic E-state index is 0. The number of anilines is 2. The summed E-state index contributed by atoms with van der Waals surface area (Å²) in [5.41, 5.74) is 12.2. The first-order chi connectivity index (χ1) is 3.79. The summed E-state index contributed by atoms with van der Waals surface area (Å²) < 4.78 is 0. The quantitative estimate of drug-likeness (QED) is 0.708. The third-order valence-corrected chi connectivity index (χ3v) is 0.936. The van der Waals surface area contributed by atoms with Gasteiger partial charge in [-0.15, -0.1) is 34.0 Å². The lowest BCUT2D eigenvalue weighted by atomic mass is 10.3. The summed E-state index contributed by atoms with van der Waals surface area (Å²) in [6, 6.07) is 7.09. The van der Waals surface area contributed by atoms with E-state index in [1.54, 1.807) is 24.3 Å². The number of nitrogen functional groups attached to an aromatic ring is 2. The molecule has 4 N–H and O–H groups in total. The molecule has 0 fully saturated rings. The molecule has 0 aliphatic rings. The number of halogens is 2. The molecule has 4 heteroatoms. The molecule has 2 nitrogen and oxygen atoms in total. The molecule has 0 heterocycles. The van der Waals surface area contributed by atoms with E-state index in [1.807, 2.05) is 0 Å². The van der Waals surface area contributed by atoms with Crippen molar-refractivity contribution in [2.24, 2.45) is 0 Å². The van der Waals surface area contributed by atoms with Crippen molar-refractivity contribution in [3.63, 3.8) is 0 Å². The highest BCUT2D eigenvalue weighted by Crippen LogP contribution is 2.04. The van der Waals surface area contributed by atoms with Crippen LogP contribution in [0.15, 0.2) is 24.3 Å². The number of hydrogen-bond donors (Lipinski definition) is 2. The van der Waals surface area contributed by atoms with Gasteiger partial charge in [0.25, 0.3) is 0 Å². The van der Waals surface area contributed by atoms with E-state index in [9.17, 15) is 0 Å². The van der Waals surface area contributed by atoms with Gasteiger partial charge in [0, 0.05) is 11.4 Å². The highest BCUT2D eigenvalue weighted by atomic mass is 79.9. The lowest BCUT2D eigenvalue weighted by Gasteiger charge is -1.90. The van der Waals surface area contributed by atoms with E-state index in [1.165, 1.54) is 0 Å². The fourth-order valence-corrected chi connectivity index (χ4v) is 0.496. The van der Waals surface area contributed by atoms with Gasteiger partial charge in [0.1, 0.15) is 0 Å². The van der Waals surface area contributed by atoms with Crippen LogP contribution in [-0.4, -0.2) is 0 Å². The molecule has 0 bridgehead atoms. The van der Waals surface area contributed by atoms with Gasteiger partial charge in [0.2, 0.25) is 0 Å².